The molecule has 2 rings (SSSR count). The van der Waals surface area contributed by atoms with E-state index in [0.717, 1.165) is 12.0 Å². The lowest BCUT2D eigenvalue weighted by Crippen LogP contribution is -2.50. The Balaban J connectivity index is 1.78. The summed E-state index contributed by atoms with van der Waals surface area (Å²) in [6.07, 6.45) is 1.39. The van der Waals surface area contributed by atoms with Crippen LogP contribution in [-0.4, -0.2) is 59.0 Å². The SMILES string of the molecule is CC1CCN(C(=O)CCNC(=O)N(C)Cc2ccccc2)C(C(=O)O)C1. The summed E-state index contributed by atoms with van der Waals surface area (Å²) in [7, 11) is 1.69. The predicted octanol–water partition coefficient (Wildman–Crippen LogP) is 1.93. The number of aliphatic carboxylic acids is 1. The van der Waals surface area contributed by atoms with E-state index in [-0.39, 0.29) is 24.9 Å². The number of hydrogen-bond acceptors (Lipinski definition) is 3. The first kappa shape index (κ1) is 19.8. The lowest BCUT2D eigenvalue weighted by Gasteiger charge is -2.36. The Morgan fingerprint density at radius 1 is 1.27 bits per heavy atom. The van der Waals surface area contributed by atoms with E-state index in [1.807, 2.05) is 37.3 Å². The van der Waals surface area contributed by atoms with Crippen LogP contribution in [0.2, 0.25) is 0 Å². The van der Waals surface area contributed by atoms with Crippen molar-refractivity contribution in [3.05, 3.63) is 35.9 Å². The molecular formula is C19H27N3O4. The van der Waals surface area contributed by atoms with E-state index in [0.29, 0.717) is 25.4 Å². The van der Waals surface area contributed by atoms with Gasteiger partial charge in [0.2, 0.25) is 5.91 Å². The van der Waals surface area contributed by atoms with Crippen LogP contribution in [0.3, 0.4) is 0 Å². The van der Waals surface area contributed by atoms with Crippen LogP contribution in [0.25, 0.3) is 0 Å². The van der Waals surface area contributed by atoms with Crippen LogP contribution in [0.1, 0.15) is 31.7 Å². The van der Waals surface area contributed by atoms with Crippen molar-refractivity contribution in [3.8, 4) is 0 Å². The molecule has 26 heavy (non-hydrogen) atoms. The summed E-state index contributed by atoms with van der Waals surface area (Å²) in [6.45, 7) is 3.13. The highest BCUT2D eigenvalue weighted by atomic mass is 16.4. The highest BCUT2D eigenvalue weighted by Crippen LogP contribution is 2.23. The van der Waals surface area contributed by atoms with Gasteiger partial charge in [0.1, 0.15) is 6.04 Å². The standard InChI is InChI=1S/C19H27N3O4/c1-14-9-11-22(16(12-14)18(24)25)17(23)8-10-20-19(26)21(2)13-15-6-4-3-5-7-15/h3-7,14,16H,8-13H2,1-2H3,(H,20,26)(H,24,25). The van der Waals surface area contributed by atoms with Crippen molar-refractivity contribution in [1.82, 2.24) is 15.1 Å². The summed E-state index contributed by atoms with van der Waals surface area (Å²) in [5.74, 6) is -0.890. The number of urea groups is 1. The maximum atomic E-state index is 12.4. The molecule has 1 heterocycles. The number of nitrogens with zero attached hydrogens (tertiary/aromatic N) is 2. The van der Waals surface area contributed by atoms with Crippen molar-refractivity contribution >= 4 is 17.9 Å². The third-order valence-corrected chi connectivity index (χ3v) is 4.69. The Bertz CT molecular complexity index is 635. The maximum absolute atomic E-state index is 12.4. The molecule has 1 aromatic carbocycles. The van der Waals surface area contributed by atoms with E-state index in [2.05, 4.69) is 5.32 Å². The Labute approximate surface area is 154 Å². The smallest absolute Gasteiger partial charge is 0.326 e. The molecule has 7 nitrogen and oxygen atoms in total. The Morgan fingerprint density at radius 3 is 2.62 bits per heavy atom. The van der Waals surface area contributed by atoms with E-state index < -0.39 is 12.0 Å². The highest BCUT2D eigenvalue weighted by Gasteiger charge is 2.34. The number of piperidine rings is 1. The quantitative estimate of drug-likeness (QED) is 0.810. The Morgan fingerprint density at radius 2 is 1.96 bits per heavy atom. The van der Waals surface area contributed by atoms with Crippen molar-refractivity contribution in [2.24, 2.45) is 5.92 Å². The summed E-state index contributed by atoms with van der Waals surface area (Å²) in [6, 6.07) is 8.61. The van der Waals surface area contributed by atoms with Gasteiger partial charge in [-0.3, -0.25) is 4.79 Å². The van der Waals surface area contributed by atoms with E-state index >= 15 is 0 Å². The molecule has 0 saturated carbocycles. The van der Waals surface area contributed by atoms with Gasteiger partial charge < -0.3 is 20.2 Å². The number of hydrogen-bond donors (Lipinski definition) is 2. The minimum atomic E-state index is -0.962. The molecule has 0 aliphatic carbocycles. The van der Waals surface area contributed by atoms with E-state index in [9.17, 15) is 19.5 Å². The van der Waals surface area contributed by atoms with Crippen LogP contribution in [-0.2, 0) is 16.1 Å². The van der Waals surface area contributed by atoms with Gasteiger partial charge in [0.15, 0.2) is 0 Å². The largest absolute Gasteiger partial charge is 0.480 e. The molecule has 142 valence electrons. The van der Waals surface area contributed by atoms with E-state index in [1.54, 1.807) is 11.9 Å². The molecule has 7 heteroatoms. The number of carbonyl (C=O) groups is 3. The van der Waals surface area contributed by atoms with Crippen molar-refractivity contribution in [2.45, 2.75) is 38.8 Å². The second-order valence-electron chi connectivity index (χ2n) is 6.89. The molecule has 1 fully saturated rings. The molecule has 2 N–H and O–H groups in total. The zero-order valence-electron chi connectivity index (χ0n) is 15.4. The number of amides is 3. The summed E-state index contributed by atoms with van der Waals surface area (Å²) < 4.78 is 0. The van der Waals surface area contributed by atoms with Gasteiger partial charge in [-0.1, -0.05) is 37.3 Å². The molecule has 2 atom stereocenters. The number of carboxylic acids is 1. The minimum absolute atomic E-state index is 0.100. The second kappa shape index (κ2) is 9.22. The first-order valence-corrected chi connectivity index (χ1v) is 8.93. The lowest BCUT2D eigenvalue weighted by atomic mass is 9.92. The number of carbonyl (C=O) groups excluding carboxylic acids is 2. The fourth-order valence-corrected chi connectivity index (χ4v) is 3.16. The van der Waals surface area contributed by atoms with Crippen LogP contribution in [0.4, 0.5) is 4.79 Å². The van der Waals surface area contributed by atoms with Crippen molar-refractivity contribution in [2.75, 3.05) is 20.1 Å². The van der Waals surface area contributed by atoms with Crippen LogP contribution in [0.15, 0.2) is 30.3 Å². The van der Waals surface area contributed by atoms with Crippen LogP contribution >= 0.6 is 0 Å². The fraction of sp³-hybridized carbons (Fsp3) is 0.526. The van der Waals surface area contributed by atoms with Gasteiger partial charge in [-0.25, -0.2) is 9.59 Å². The molecule has 0 aromatic heterocycles. The lowest BCUT2D eigenvalue weighted by molar-refractivity contribution is -0.153. The third-order valence-electron chi connectivity index (χ3n) is 4.69. The number of nitrogens with one attached hydrogen (secondary N) is 1. The van der Waals surface area contributed by atoms with Gasteiger partial charge in [0.05, 0.1) is 0 Å². The molecule has 2 unspecified atom stereocenters. The molecule has 0 radical (unpaired) electrons. The van der Waals surface area contributed by atoms with E-state index in [1.165, 1.54) is 4.90 Å². The second-order valence-corrected chi connectivity index (χ2v) is 6.89. The normalized spacial score (nSPS) is 19.7. The first-order valence-electron chi connectivity index (χ1n) is 8.93. The van der Waals surface area contributed by atoms with Gasteiger partial charge in [0, 0.05) is 33.1 Å². The Kier molecular flexibility index (Phi) is 7.00. The molecule has 1 saturated heterocycles. The maximum Gasteiger partial charge on any atom is 0.326 e. The molecule has 0 spiro atoms. The van der Waals surface area contributed by atoms with Gasteiger partial charge in [0.25, 0.3) is 0 Å². The Hall–Kier alpha value is -2.57. The zero-order chi connectivity index (χ0) is 19.1. The van der Waals surface area contributed by atoms with Crippen LogP contribution in [0, 0.1) is 5.92 Å². The molecule has 1 aliphatic rings. The third kappa shape index (κ3) is 5.47. The summed E-state index contributed by atoms with van der Waals surface area (Å²) in [5, 5.41) is 12.0. The average Bonchev–Trinajstić information content (AvgIpc) is 2.62. The number of likely N-dealkylation sites (tertiary alicyclic amines) is 1. The van der Waals surface area contributed by atoms with Crippen molar-refractivity contribution in [3.63, 3.8) is 0 Å². The summed E-state index contributed by atoms with van der Waals surface area (Å²) in [4.78, 5) is 38.8. The summed E-state index contributed by atoms with van der Waals surface area (Å²) in [5.41, 5.74) is 1.02. The molecule has 3 amide bonds. The molecule has 1 aliphatic heterocycles. The number of benzene rings is 1. The van der Waals surface area contributed by atoms with Gasteiger partial charge in [-0.2, -0.15) is 0 Å². The van der Waals surface area contributed by atoms with Crippen LogP contribution < -0.4 is 5.32 Å². The molecule has 1 aromatic rings. The average molecular weight is 361 g/mol. The minimum Gasteiger partial charge on any atom is -0.480 e. The highest BCUT2D eigenvalue weighted by molar-refractivity contribution is 5.84. The zero-order valence-corrected chi connectivity index (χ0v) is 15.4. The predicted molar refractivity (Wildman–Crippen MR) is 97.5 cm³/mol. The number of rotatable bonds is 6. The monoisotopic (exact) mass is 361 g/mol. The topological polar surface area (TPSA) is 90.0 Å². The van der Waals surface area contributed by atoms with Crippen molar-refractivity contribution in [1.29, 1.82) is 0 Å². The number of carboxylic acid groups (broad SMARTS) is 1. The first-order chi connectivity index (χ1) is 12.4. The fourth-order valence-electron chi connectivity index (χ4n) is 3.16. The van der Waals surface area contributed by atoms with Gasteiger partial charge in [-0.15, -0.1) is 0 Å². The van der Waals surface area contributed by atoms with E-state index in [4.69, 9.17) is 0 Å². The summed E-state index contributed by atoms with van der Waals surface area (Å²) >= 11 is 0. The van der Waals surface area contributed by atoms with Crippen LogP contribution in [0.5, 0.6) is 0 Å². The molecule has 0 bridgehead atoms. The molecular weight excluding hydrogens is 334 g/mol. The van der Waals surface area contributed by atoms with Gasteiger partial charge >= 0.3 is 12.0 Å². The van der Waals surface area contributed by atoms with Crippen molar-refractivity contribution < 1.29 is 19.5 Å². The van der Waals surface area contributed by atoms with Gasteiger partial charge in [-0.05, 0) is 24.3 Å².